The second-order valence-electron chi connectivity index (χ2n) is 3.03. The van der Waals surface area contributed by atoms with Crippen LogP contribution in [0.4, 0.5) is 0 Å². The molecule has 0 saturated heterocycles. The minimum Gasteiger partial charge on any atom is -0.393 e. The predicted molar refractivity (Wildman–Crippen MR) is 47.9 cm³/mol. The quantitative estimate of drug-likeness (QED) is 0.734. The van der Waals surface area contributed by atoms with Gasteiger partial charge in [-0.05, 0) is 32.8 Å². The van der Waals surface area contributed by atoms with Crippen LogP contribution in [0, 0.1) is 0 Å². The van der Waals surface area contributed by atoms with Crippen LogP contribution >= 0.6 is 0 Å². The monoisotopic (exact) mass is 168 g/mol. The maximum atomic E-state index is 9.09. The van der Waals surface area contributed by atoms with Crippen LogP contribution in [0.25, 0.3) is 0 Å². The van der Waals surface area contributed by atoms with Crippen LogP contribution < -0.4 is 0 Å². The summed E-state index contributed by atoms with van der Waals surface area (Å²) in [5.74, 6) is 0. The van der Waals surface area contributed by atoms with E-state index in [1.165, 1.54) is 5.69 Å². The van der Waals surface area contributed by atoms with E-state index in [-0.39, 0.29) is 6.10 Å². The highest BCUT2D eigenvalue weighted by Crippen LogP contribution is 2.04. The summed E-state index contributed by atoms with van der Waals surface area (Å²) in [4.78, 5) is 0. The Hall–Kier alpha value is -0.830. The number of hydrogen-bond donors (Lipinski definition) is 1. The van der Waals surface area contributed by atoms with Gasteiger partial charge in [0, 0.05) is 18.4 Å². The largest absolute Gasteiger partial charge is 0.393 e. The first-order valence-electron chi connectivity index (χ1n) is 4.42. The third kappa shape index (κ3) is 2.34. The van der Waals surface area contributed by atoms with E-state index in [9.17, 15) is 0 Å². The summed E-state index contributed by atoms with van der Waals surface area (Å²) in [6.07, 6.45) is 3.31. The zero-order chi connectivity index (χ0) is 8.97. The molecule has 0 aromatic carbocycles. The van der Waals surface area contributed by atoms with Crippen LogP contribution in [0.3, 0.4) is 0 Å². The average Bonchev–Trinajstić information content (AvgIpc) is 2.47. The van der Waals surface area contributed by atoms with Gasteiger partial charge in [0.1, 0.15) is 0 Å². The molecule has 1 rings (SSSR count). The molecule has 1 unspecified atom stereocenters. The molecule has 1 aromatic heterocycles. The van der Waals surface area contributed by atoms with Crippen molar-refractivity contribution in [3.63, 3.8) is 0 Å². The standard InChI is InChI=1S/C9H16N2O/c1-3-11-9(6-7-10-11)5-4-8(2)12/h6-8,12H,3-5H2,1-2H3. The fraction of sp³-hybridized carbons (Fsp3) is 0.667. The normalized spacial score (nSPS) is 13.2. The lowest BCUT2D eigenvalue weighted by Crippen LogP contribution is -2.06. The Morgan fingerprint density at radius 2 is 2.42 bits per heavy atom. The molecule has 0 aliphatic carbocycles. The summed E-state index contributed by atoms with van der Waals surface area (Å²) >= 11 is 0. The Morgan fingerprint density at radius 1 is 1.67 bits per heavy atom. The minimum atomic E-state index is -0.217. The van der Waals surface area contributed by atoms with Gasteiger partial charge in [0.15, 0.2) is 0 Å². The molecule has 3 nitrogen and oxygen atoms in total. The van der Waals surface area contributed by atoms with Crippen molar-refractivity contribution < 1.29 is 5.11 Å². The van der Waals surface area contributed by atoms with Gasteiger partial charge >= 0.3 is 0 Å². The van der Waals surface area contributed by atoms with Crippen LogP contribution in [-0.4, -0.2) is 21.0 Å². The molecule has 1 heterocycles. The number of nitrogens with zero attached hydrogens (tertiary/aromatic N) is 2. The van der Waals surface area contributed by atoms with Crippen molar-refractivity contribution in [2.75, 3.05) is 0 Å². The van der Waals surface area contributed by atoms with Crippen molar-refractivity contribution in [3.8, 4) is 0 Å². The molecule has 1 atom stereocenters. The van der Waals surface area contributed by atoms with Gasteiger partial charge in [-0.25, -0.2) is 0 Å². The topological polar surface area (TPSA) is 38.0 Å². The molecule has 0 fully saturated rings. The second kappa shape index (κ2) is 4.26. The van der Waals surface area contributed by atoms with Crippen molar-refractivity contribution in [1.82, 2.24) is 9.78 Å². The Kier molecular flexibility index (Phi) is 3.29. The van der Waals surface area contributed by atoms with E-state index in [0.717, 1.165) is 19.4 Å². The lowest BCUT2D eigenvalue weighted by molar-refractivity contribution is 0.184. The number of aryl methyl sites for hydroxylation is 2. The van der Waals surface area contributed by atoms with Gasteiger partial charge in [0.2, 0.25) is 0 Å². The summed E-state index contributed by atoms with van der Waals surface area (Å²) in [6, 6.07) is 2.01. The lowest BCUT2D eigenvalue weighted by atomic mass is 10.2. The van der Waals surface area contributed by atoms with Gasteiger partial charge in [-0.1, -0.05) is 0 Å². The molecule has 0 spiro atoms. The molecule has 1 N–H and O–H groups in total. The number of aliphatic hydroxyl groups excluding tert-OH is 1. The van der Waals surface area contributed by atoms with Gasteiger partial charge in [-0.15, -0.1) is 0 Å². The number of hydrogen-bond acceptors (Lipinski definition) is 2. The Balaban J connectivity index is 2.50. The Morgan fingerprint density at radius 3 is 3.00 bits per heavy atom. The van der Waals surface area contributed by atoms with Crippen molar-refractivity contribution in [1.29, 1.82) is 0 Å². The van der Waals surface area contributed by atoms with E-state index in [1.807, 2.05) is 17.7 Å². The predicted octanol–water partition coefficient (Wildman–Crippen LogP) is 1.22. The molecule has 12 heavy (non-hydrogen) atoms. The van der Waals surface area contributed by atoms with Gasteiger partial charge < -0.3 is 5.11 Å². The van der Waals surface area contributed by atoms with Gasteiger partial charge in [0.05, 0.1) is 6.10 Å². The summed E-state index contributed by atoms with van der Waals surface area (Å²) in [7, 11) is 0. The molecule has 68 valence electrons. The van der Waals surface area contributed by atoms with Crippen LogP contribution in [0.2, 0.25) is 0 Å². The zero-order valence-corrected chi connectivity index (χ0v) is 7.70. The Bertz CT molecular complexity index is 230. The highest BCUT2D eigenvalue weighted by atomic mass is 16.3. The zero-order valence-electron chi connectivity index (χ0n) is 7.70. The maximum Gasteiger partial charge on any atom is 0.0515 e. The van der Waals surface area contributed by atoms with Crippen molar-refractivity contribution in [2.24, 2.45) is 0 Å². The van der Waals surface area contributed by atoms with Crippen molar-refractivity contribution in [2.45, 2.75) is 39.3 Å². The number of rotatable bonds is 4. The molecule has 0 radical (unpaired) electrons. The van der Waals surface area contributed by atoms with Crippen molar-refractivity contribution in [3.05, 3.63) is 18.0 Å². The van der Waals surface area contributed by atoms with Gasteiger partial charge in [-0.3, -0.25) is 4.68 Å². The molecule has 3 heteroatoms. The fourth-order valence-corrected chi connectivity index (χ4v) is 1.21. The van der Waals surface area contributed by atoms with Crippen LogP contribution in [0.1, 0.15) is 26.0 Å². The molecular weight excluding hydrogens is 152 g/mol. The average molecular weight is 168 g/mol. The molecular formula is C9H16N2O. The molecule has 0 aliphatic rings. The maximum absolute atomic E-state index is 9.09. The number of aliphatic hydroxyl groups is 1. The lowest BCUT2D eigenvalue weighted by Gasteiger charge is -2.05. The summed E-state index contributed by atoms with van der Waals surface area (Å²) in [6.45, 7) is 4.79. The van der Waals surface area contributed by atoms with Crippen molar-refractivity contribution >= 4 is 0 Å². The van der Waals surface area contributed by atoms with E-state index in [2.05, 4.69) is 12.0 Å². The third-order valence-electron chi connectivity index (χ3n) is 1.92. The van der Waals surface area contributed by atoms with E-state index in [1.54, 1.807) is 6.20 Å². The molecule has 1 aromatic rings. The first kappa shape index (κ1) is 9.26. The molecule has 0 amide bonds. The first-order chi connectivity index (χ1) is 5.74. The smallest absolute Gasteiger partial charge is 0.0515 e. The fourth-order valence-electron chi connectivity index (χ4n) is 1.21. The first-order valence-corrected chi connectivity index (χ1v) is 4.42. The SMILES string of the molecule is CCn1nccc1CCC(C)O. The molecule has 0 saturated carbocycles. The van der Waals surface area contributed by atoms with E-state index in [4.69, 9.17) is 5.11 Å². The second-order valence-corrected chi connectivity index (χ2v) is 3.03. The molecule has 0 aliphatic heterocycles. The highest BCUT2D eigenvalue weighted by molar-refractivity contribution is 5.00. The third-order valence-corrected chi connectivity index (χ3v) is 1.92. The van der Waals surface area contributed by atoms with Crippen LogP contribution in [0.5, 0.6) is 0 Å². The summed E-state index contributed by atoms with van der Waals surface area (Å²) in [5.41, 5.74) is 1.21. The summed E-state index contributed by atoms with van der Waals surface area (Å²) in [5, 5.41) is 13.2. The van der Waals surface area contributed by atoms with Crippen LogP contribution in [0.15, 0.2) is 12.3 Å². The van der Waals surface area contributed by atoms with Gasteiger partial charge in [-0.2, -0.15) is 5.10 Å². The van der Waals surface area contributed by atoms with E-state index >= 15 is 0 Å². The van der Waals surface area contributed by atoms with E-state index in [0.29, 0.717) is 0 Å². The number of aromatic nitrogens is 2. The Labute approximate surface area is 73.0 Å². The van der Waals surface area contributed by atoms with E-state index < -0.39 is 0 Å². The van der Waals surface area contributed by atoms with Crippen LogP contribution in [-0.2, 0) is 13.0 Å². The summed E-state index contributed by atoms with van der Waals surface area (Å²) < 4.78 is 1.96. The highest BCUT2D eigenvalue weighted by Gasteiger charge is 2.02. The van der Waals surface area contributed by atoms with Gasteiger partial charge in [0.25, 0.3) is 0 Å². The minimum absolute atomic E-state index is 0.217. The molecule has 0 bridgehead atoms.